The Kier molecular flexibility index (Phi) is 7.21. The van der Waals surface area contributed by atoms with Crippen LogP contribution >= 0.6 is 0 Å². The van der Waals surface area contributed by atoms with E-state index in [0.29, 0.717) is 18.8 Å². The van der Waals surface area contributed by atoms with Crippen LogP contribution in [0.2, 0.25) is 0 Å². The highest BCUT2D eigenvalue weighted by Gasteiger charge is 2.26. The molecule has 0 unspecified atom stereocenters. The molecular weight excluding hydrogens is 328 g/mol. The van der Waals surface area contributed by atoms with Crippen molar-refractivity contribution in [1.29, 1.82) is 0 Å². The van der Waals surface area contributed by atoms with Crippen molar-refractivity contribution in [2.24, 2.45) is 0 Å². The molecule has 138 valence electrons. The van der Waals surface area contributed by atoms with Gasteiger partial charge in [0, 0.05) is 13.1 Å². The van der Waals surface area contributed by atoms with Crippen LogP contribution in [0.25, 0.3) is 0 Å². The Balaban J connectivity index is 2.14. The predicted molar refractivity (Wildman–Crippen MR) is 102 cm³/mol. The number of nitrogens with zero attached hydrogens (tertiary/aromatic N) is 1. The number of benzene rings is 2. The van der Waals surface area contributed by atoms with Gasteiger partial charge in [-0.2, -0.15) is 0 Å². The lowest BCUT2D eigenvalue weighted by Gasteiger charge is -2.29. The zero-order valence-corrected chi connectivity index (χ0v) is 15.6. The number of para-hydroxylation sites is 1. The molecule has 2 aromatic carbocycles. The molecule has 0 saturated carbocycles. The molecule has 2 rings (SSSR count). The first-order chi connectivity index (χ1) is 12.5. The van der Waals surface area contributed by atoms with Crippen LogP contribution in [-0.2, 0) is 16.1 Å². The van der Waals surface area contributed by atoms with Crippen molar-refractivity contribution in [3.63, 3.8) is 0 Å². The molecule has 0 aliphatic heterocycles. The minimum absolute atomic E-state index is 0.111. The van der Waals surface area contributed by atoms with Gasteiger partial charge in [0.15, 0.2) is 6.61 Å². The van der Waals surface area contributed by atoms with Crippen LogP contribution in [0.1, 0.15) is 25.0 Å². The van der Waals surface area contributed by atoms with E-state index in [1.807, 2.05) is 56.3 Å². The van der Waals surface area contributed by atoms with Gasteiger partial charge in [0.1, 0.15) is 11.8 Å². The Labute approximate surface area is 155 Å². The van der Waals surface area contributed by atoms with Crippen LogP contribution < -0.4 is 10.1 Å². The molecule has 1 N–H and O–H groups in total. The highest BCUT2D eigenvalue weighted by atomic mass is 16.5. The smallest absolute Gasteiger partial charge is 0.261 e. The van der Waals surface area contributed by atoms with Gasteiger partial charge in [-0.3, -0.25) is 9.59 Å². The third kappa shape index (κ3) is 5.34. The summed E-state index contributed by atoms with van der Waals surface area (Å²) in [6.07, 6.45) is 0. The first-order valence-corrected chi connectivity index (χ1v) is 8.82. The van der Waals surface area contributed by atoms with Gasteiger partial charge in [-0.15, -0.1) is 0 Å². The summed E-state index contributed by atoms with van der Waals surface area (Å²) in [6.45, 7) is 6.37. The number of aryl methyl sites for hydroxylation is 1. The fraction of sp³-hybridized carbons (Fsp3) is 0.333. The van der Waals surface area contributed by atoms with E-state index in [-0.39, 0.29) is 18.4 Å². The van der Waals surface area contributed by atoms with Gasteiger partial charge in [-0.1, -0.05) is 42.5 Å². The van der Waals surface area contributed by atoms with Crippen molar-refractivity contribution >= 4 is 11.8 Å². The minimum Gasteiger partial charge on any atom is -0.484 e. The average molecular weight is 354 g/mol. The third-order valence-electron chi connectivity index (χ3n) is 4.23. The van der Waals surface area contributed by atoms with Crippen molar-refractivity contribution in [2.45, 2.75) is 33.4 Å². The van der Waals surface area contributed by atoms with Gasteiger partial charge in [0.25, 0.3) is 5.91 Å². The second-order valence-corrected chi connectivity index (χ2v) is 6.12. The molecule has 5 heteroatoms. The molecule has 0 bridgehead atoms. The lowest BCUT2D eigenvalue weighted by Crippen LogP contribution is -2.49. The maximum absolute atomic E-state index is 12.8. The zero-order chi connectivity index (χ0) is 18.9. The molecule has 1 atom stereocenters. The largest absolute Gasteiger partial charge is 0.484 e. The number of ether oxygens (including phenoxy) is 1. The van der Waals surface area contributed by atoms with E-state index in [0.717, 1.165) is 11.1 Å². The summed E-state index contributed by atoms with van der Waals surface area (Å²) in [7, 11) is 0. The van der Waals surface area contributed by atoms with Gasteiger partial charge in [0.05, 0.1) is 0 Å². The summed E-state index contributed by atoms with van der Waals surface area (Å²) >= 11 is 0. The number of hydrogen-bond acceptors (Lipinski definition) is 3. The van der Waals surface area contributed by atoms with E-state index < -0.39 is 6.04 Å². The standard InChI is InChI=1S/C21H26N2O3/c1-4-22-21(25)17(3)23(14-18-11-9-8-10-16(18)2)20(24)15-26-19-12-6-5-7-13-19/h5-13,17H,4,14-15H2,1-3H3,(H,22,25)/t17-/m1/s1. The lowest BCUT2D eigenvalue weighted by atomic mass is 10.1. The molecule has 0 aromatic heterocycles. The summed E-state index contributed by atoms with van der Waals surface area (Å²) in [6, 6.07) is 16.5. The average Bonchev–Trinajstić information content (AvgIpc) is 2.66. The lowest BCUT2D eigenvalue weighted by molar-refractivity contribution is -0.142. The molecule has 5 nitrogen and oxygen atoms in total. The molecule has 0 spiro atoms. The molecule has 0 aliphatic carbocycles. The number of carbonyl (C=O) groups excluding carboxylic acids is 2. The second-order valence-electron chi connectivity index (χ2n) is 6.12. The normalized spacial score (nSPS) is 11.5. The Morgan fingerprint density at radius 3 is 2.38 bits per heavy atom. The molecule has 26 heavy (non-hydrogen) atoms. The number of nitrogens with one attached hydrogen (secondary N) is 1. The number of carbonyl (C=O) groups is 2. The maximum Gasteiger partial charge on any atom is 0.261 e. The quantitative estimate of drug-likeness (QED) is 0.793. The fourth-order valence-corrected chi connectivity index (χ4v) is 2.62. The van der Waals surface area contributed by atoms with Crippen LogP contribution in [0, 0.1) is 6.92 Å². The summed E-state index contributed by atoms with van der Waals surface area (Å²) in [4.78, 5) is 26.7. The summed E-state index contributed by atoms with van der Waals surface area (Å²) in [5.74, 6) is 0.229. The van der Waals surface area contributed by atoms with E-state index in [1.54, 1.807) is 24.0 Å². The Morgan fingerprint density at radius 1 is 1.08 bits per heavy atom. The van der Waals surface area contributed by atoms with Crippen molar-refractivity contribution in [2.75, 3.05) is 13.2 Å². The molecular formula is C21H26N2O3. The van der Waals surface area contributed by atoms with Crippen LogP contribution in [-0.4, -0.2) is 35.9 Å². The minimum atomic E-state index is -0.582. The highest BCUT2D eigenvalue weighted by Crippen LogP contribution is 2.15. The van der Waals surface area contributed by atoms with Crippen LogP contribution in [0.5, 0.6) is 5.75 Å². The number of likely N-dealkylation sites (N-methyl/N-ethyl adjacent to an activating group) is 1. The van der Waals surface area contributed by atoms with Crippen LogP contribution in [0.3, 0.4) is 0 Å². The van der Waals surface area contributed by atoms with Gasteiger partial charge in [0.2, 0.25) is 5.91 Å². The van der Waals surface area contributed by atoms with Crippen molar-refractivity contribution < 1.29 is 14.3 Å². The zero-order valence-electron chi connectivity index (χ0n) is 15.6. The third-order valence-corrected chi connectivity index (χ3v) is 4.23. The number of amides is 2. The van der Waals surface area contributed by atoms with Crippen molar-refractivity contribution in [3.05, 3.63) is 65.7 Å². The molecule has 0 fully saturated rings. The summed E-state index contributed by atoms with van der Waals surface area (Å²) in [5, 5.41) is 2.78. The van der Waals surface area contributed by atoms with Gasteiger partial charge in [-0.05, 0) is 44.0 Å². The monoisotopic (exact) mass is 354 g/mol. The van der Waals surface area contributed by atoms with E-state index in [9.17, 15) is 9.59 Å². The van der Waals surface area contributed by atoms with Gasteiger partial charge < -0.3 is 15.0 Å². The Hall–Kier alpha value is -2.82. The molecule has 2 amide bonds. The summed E-state index contributed by atoms with van der Waals surface area (Å²) < 4.78 is 5.58. The van der Waals surface area contributed by atoms with E-state index in [2.05, 4.69) is 5.32 Å². The van der Waals surface area contributed by atoms with Gasteiger partial charge in [-0.25, -0.2) is 0 Å². The Morgan fingerprint density at radius 2 is 1.73 bits per heavy atom. The predicted octanol–water partition coefficient (Wildman–Crippen LogP) is 2.93. The fourth-order valence-electron chi connectivity index (χ4n) is 2.62. The number of rotatable bonds is 8. The van der Waals surface area contributed by atoms with E-state index >= 15 is 0 Å². The topological polar surface area (TPSA) is 58.6 Å². The van der Waals surface area contributed by atoms with Crippen molar-refractivity contribution in [3.8, 4) is 5.75 Å². The van der Waals surface area contributed by atoms with Crippen LogP contribution in [0.4, 0.5) is 0 Å². The van der Waals surface area contributed by atoms with E-state index in [4.69, 9.17) is 4.74 Å². The maximum atomic E-state index is 12.8. The molecule has 2 aromatic rings. The number of hydrogen-bond donors (Lipinski definition) is 1. The first-order valence-electron chi connectivity index (χ1n) is 8.82. The second kappa shape index (κ2) is 9.61. The SMILES string of the molecule is CCNC(=O)[C@@H](C)N(Cc1ccccc1C)C(=O)COc1ccccc1. The molecule has 0 saturated heterocycles. The van der Waals surface area contributed by atoms with Crippen molar-refractivity contribution in [1.82, 2.24) is 10.2 Å². The summed E-state index contributed by atoms with van der Waals surface area (Å²) in [5.41, 5.74) is 2.09. The Bertz CT molecular complexity index is 731. The molecule has 0 radical (unpaired) electrons. The molecule has 0 heterocycles. The first kappa shape index (κ1) is 19.5. The van der Waals surface area contributed by atoms with Crippen LogP contribution in [0.15, 0.2) is 54.6 Å². The van der Waals surface area contributed by atoms with E-state index in [1.165, 1.54) is 0 Å². The van der Waals surface area contributed by atoms with Gasteiger partial charge >= 0.3 is 0 Å². The molecule has 0 aliphatic rings. The highest BCUT2D eigenvalue weighted by molar-refractivity contribution is 5.87.